The van der Waals surface area contributed by atoms with E-state index in [1.165, 1.54) is 12.1 Å². The number of ether oxygens (including phenoxy) is 1. The van der Waals surface area contributed by atoms with Crippen molar-refractivity contribution < 1.29 is 9.13 Å². The Morgan fingerprint density at radius 1 is 1.20 bits per heavy atom. The normalized spacial score (nSPS) is 17.1. The molecule has 0 radical (unpaired) electrons. The summed E-state index contributed by atoms with van der Waals surface area (Å²) in [6, 6.07) is 9.06. The molecule has 4 aromatic rings. The highest BCUT2D eigenvalue weighted by Crippen LogP contribution is 2.32. The van der Waals surface area contributed by atoms with Gasteiger partial charge < -0.3 is 14.6 Å². The molecule has 8 heteroatoms. The molecule has 1 aliphatic rings. The van der Waals surface area contributed by atoms with Crippen LogP contribution in [0, 0.1) is 12.7 Å². The van der Waals surface area contributed by atoms with Gasteiger partial charge in [-0.2, -0.15) is 5.10 Å². The van der Waals surface area contributed by atoms with Gasteiger partial charge in [-0.1, -0.05) is 0 Å². The van der Waals surface area contributed by atoms with Gasteiger partial charge in [0.1, 0.15) is 11.6 Å². The number of benzene rings is 1. The van der Waals surface area contributed by atoms with E-state index in [0.29, 0.717) is 24.6 Å². The van der Waals surface area contributed by atoms with Crippen molar-refractivity contribution in [1.29, 1.82) is 0 Å². The lowest BCUT2D eigenvalue weighted by Gasteiger charge is -2.34. The van der Waals surface area contributed by atoms with Gasteiger partial charge in [0.05, 0.1) is 36.3 Å². The molecule has 0 unspecified atom stereocenters. The monoisotopic (exact) mass is 406 g/mol. The highest BCUT2D eigenvalue weighted by molar-refractivity contribution is 5.93. The molecule has 1 aromatic carbocycles. The third-order valence-corrected chi connectivity index (χ3v) is 5.51. The van der Waals surface area contributed by atoms with Crippen molar-refractivity contribution in [2.75, 3.05) is 24.7 Å². The number of aromatic amines is 1. The van der Waals surface area contributed by atoms with E-state index < -0.39 is 0 Å². The van der Waals surface area contributed by atoms with Crippen LogP contribution in [0.15, 0.2) is 36.5 Å². The van der Waals surface area contributed by atoms with E-state index in [1.807, 2.05) is 36.9 Å². The van der Waals surface area contributed by atoms with Crippen LogP contribution in [-0.4, -0.2) is 50.5 Å². The van der Waals surface area contributed by atoms with Crippen molar-refractivity contribution in [3.63, 3.8) is 0 Å². The summed E-state index contributed by atoms with van der Waals surface area (Å²) in [5.74, 6) is 0.966. The number of nitrogens with zero attached hydrogens (tertiary/aromatic N) is 5. The van der Waals surface area contributed by atoms with Crippen molar-refractivity contribution in [1.82, 2.24) is 24.7 Å². The molecule has 30 heavy (non-hydrogen) atoms. The Morgan fingerprint density at radius 3 is 2.83 bits per heavy atom. The molecule has 1 atom stereocenters. The number of H-pyrrole nitrogens is 1. The zero-order valence-electron chi connectivity index (χ0n) is 17.2. The van der Waals surface area contributed by atoms with Crippen LogP contribution < -0.4 is 4.90 Å². The van der Waals surface area contributed by atoms with Gasteiger partial charge in [-0.3, -0.25) is 4.68 Å². The Bertz CT molecular complexity index is 1230. The van der Waals surface area contributed by atoms with E-state index in [-0.39, 0.29) is 11.9 Å². The number of fused-ring (bicyclic) bond motifs is 1. The number of hydrogen-bond donors (Lipinski definition) is 1. The first-order valence-electron chi connectivity index (χ1n) is 10.0. The third kappa shape index (κ3) is 3.23. The summed E-state index contributed by atoms with van der Waals surface area (Å²) in [7, 11) is 1.90. The molecule has 0 spiro atoms. The summed E-state index contributed by atoms with van der Waals surface area (Å²) in [6.45, 7) is 6.09. The molecule has 1 fully saturated rings. The predicted octanol–water partition coefficient (Wildman–Crippen LogP) is 3.70. The average Bonchev–Trinajstić information content (AvgIpc) is 3.32. The Morgan fingerprint density at radius 2 is 2.07 bits per heavy atom. The van der Waals surface area contributed by atoms with Gasteiger partial charge in [0.2, 0.25) is 0 Å². The predicted molar refractivity (Wildman–Crippen MR) is 114 cm³/mol. The lowest BCUT2D eigenvalue weighted by molar-refractivity contribution is 0.0985. The standard InChI is InChI=1S/C22H23FN6O/c1-13-8-20(28(3)27-13)19-11-21(29-6-7-30-12-14(29)2)26-22(25-19)17-9-15(23)10-18-16(17)4-5-24-18/h4-5,8-11,14,24H,6-7,12H2,1-3H3/t14-/m1/s1. The minimum absolute atomic E-state index is 0.183. The number of anilines is 1. The van der Waals surface area contributed by atoms with Crippen LogP contribution in [-0.2, 0) is 11.8 Å². The minimum Gasteiger partial charge on any atom is -0.377 e. The van der Waals surface area contributed by atoms with Crippen LogP contribution in [0.3, 0.4) is 0 Å². The molecule has 1 aliphatic heterocycles. The van der Waals surface area contributed by atoms with Crippen LogP contribution in [0.4, 0.5) is 10.2 Å². The lowest BCUT2D eigenvalue weighted by Crippen LogP contribution is -2.44. The number of rotatable bonds is 3. The molecule has 154 valence electrons. The lowest BCUT2D eigenvalue weighted by atomic mass is 10.1. The number of hydrogen-bond acceptors (Lipinski definition) is 5. The highest BCUT2D eigenvalue weighted by Gasteiger charge is 2.23. The minimum atomic E-state index is -0.327. The SMILES string of the molecule is Cc1cc(-c2cc(N3CCOC[C@H]3C)nc(-c3cc(F)cc4[nH]ccc34)n2)n(C)n1. The van der Waals surface area contributed by atoms with Gasteiger partial charge in [-0.05, 0) is 38.1 Å². The maximum Gasteiger partial charge on any atom is 0.162 e. The zero-order valence-corrected chi connectivity index (χ0v) is 17.2. The van der Waals surface area contributed by atoms with Gasteiger partial charge in [0, 0.05) is 42.3 Å². The summed E-state index contributed by atoms with van der Waals surface area (Å²) in [5, 5.41) is 5.35. The maximum absolute atomic E-state index is 14.4. The average molecular weight is 406 g/mol. The molecule has 5 rings (SSSR count). The molecule has 0 amide bonds. The fraction of sp³-hybridized carbons (Fsp3) is 0.318. The smallest absolute Gasteiger partial charge is 0.162 e. The van der Waals surface area contributed by atoms with Crippen molar-refractivity contribution in [3.8, 4) is 22.8 Å². The number of aromatic nitrogens is 5. The highest BCUT2D eigenvalue weighted by atomic mass is 19.1. The van der Waals surface area contributed by atoms with Crippen LogP contribution in [0.2, 0.25) is 0 Å². The molecule has 1 N–H and O–H groups in total. The van der Waals surface area contributed by atoms with Crippen molar-refractivity contribution in [2.24, 2.45) is 7.05 Å². The fourth-order valence-electron chi connectivity index (χ4n) is 4.07. The quantitative estimate of drug-likeness (QED) is 0.562. The molecular weight excluding hydrogens is 383 g/mol. The summed E-state index contributed by atoms with van der Waals surface area (Å²) in [4.78, 5) is 15.0. The molecule has 4 heterocycles. The van der Waals surface area contributed by atoms with Gasteiger partial charge in [0.15, 0.2) is 5.82 Å². The van der Waals surface area contributed by atoms with Gasteiger partial charge in [0.25, 0.3) is 0 Å². The molecule has 0 aliphatic carbocycles. The molecule has 0 saturated carbocycles. The number of nitrogens with one attached hydrogen (secondary N) is 1. The Kier molecular flexibility index (Phi) is 4.51. The Balaban J connectivity index is 1.74. The van der Waals surface area contributed by atoms with Crippen LogP contribution in [0.25, 0.3) is 33.7 Å². The number of halogens is 1. The topological polar surface area (TPSA) is 71.9 Å². The molecule has 7 nitrogen and oxygen atoms in total. The number of morpholine rings is 1. The summed E-state index contributed by atoms with van der Waals surface area (Å²) in [6.07, 6.45) is 1.80. The maximum atomic E-state index is 14.4. The van der Waals surface area contributed by atoms with Crippen LogP contribution >= 0.6 is 0 Å². The molecule has 0 bridgehead atoms. The van der Waals surface area contributed by atoms with E-state index in [1.54, 1.807) is 6.20 Å². The van der Waals surface area contributed by atoms with E-state index >= 15 is 0 Å². The van der Waals surface area contributed by atoms with Crippen LogP contribution in [0.5, 0.6) is 0 Å². The van der Waals surface area contributed by atoms with Gasteiger partial charge in [-0.25, -0.2) is 14.4 Å². The van der Waals surface area contributed by atoms with Gasteiger partial charge in [-0.15, -0.1) is 0 Å². The molecule has 3 aromatic heterocycles. The second-order valence-electron chi connectivity index (χ2n) is 7.74. The Labute approximate surface area is 173 Å². The first kappa shape index (κ1) is 18.7. The zero-order chi connectivity index (χ0) is 20.8. The second kappa shape index (κ2) is 7.21. The Hall–Kier alpha value is -3.26. The van der Waals surface area contributed by atoms with E-state index in [2.05, 4.69) is 21.9 Å². The van der Waals surface area contributed by atoms with E-state index in [0.717, 1.165) is 40.3 Å². The largest absolute Gasteiger partial charge is 0.377 e. The van der Waals surface area contributed by atoms with Crippen molar-refractivity contribution in [3.05, 3.63) is 48.0 Å². The van der Waals surface area contributed by atoms with Crippen molar-refractivity contribution in [2.45, 2.75) is 19.9 Å². The number of aryl methyl sites for hydroxylation is 2. The fourth-order valence-corrected chi connectivity index (χ4v) is 4.07. The third-order valence-electron chi connectivity index (χ3n) is 5.51. The first-order valence-corrected chi connectivity index (χ1v) is 10.0. The van der Waals surface area contributed by atoms with Crippen molar-refractivity contribution >= 4 is 16.7 Å². The summed E-state index contributed by atoms with van der Waals surface area (Å²) in [5.41, 5.74) is 3.93. The summed E-state index contributed by atoms with van der Waals surface area (Å²) >= 11 is 0. The second-order valence-corrected chi connectivity index (χ2v) is 7.74. The molecule has 1 saturated heterocycles. The van der Waals surface area contributed by atoms with E-state index in [4.69, 9.17) is 14.7 Å². The van der Waals surface area contributed by atoms with E-state index in [9.17, 15) is 4.39 Å². The van der Waals surface area contributed by atoms with Crippen LogP contribution in [0.1, 0.15) is 12.6 Å². The first-order chi connectivity index (χ1) is 14.5. The van der Waals surface area contributed by atoms with Gasteiger partial charge >= 0.3 is 0 Å². The molecular formula is C22H23FN6O. The summed E-state index contributed by atoms with van der Waals surface area (Å²) < 4.78 is 21.8.